The molecule has 0 saturated carbocycles. The third kappa shape index (κ3) is 6.54. The first-order chi connectivity index (χ1) is 15.7. The number of carbonyl (C=O) groups excluding carboxylic acids is 2. The lowest BCUT2D eigenvalue weighted by Gasteiger charge is -2.39. The van der Waals surface area contributed by atoms with E-state index in [1.54, 1.807) is 12.5 Å². The predicted molar refractivity (Wildman–Crippen MR) is 127 cm³/mol. The minimum atomic E-state index is -0.263. The highest BCUT2D eigenvalue weighted by molar-refractivity contribution is 5.98. The van der Waals surface area contributed by atoms with Crippen molar-refractivity contribution in [1.29, 1.82) is 0 Å². The first kappa shape index (κ1) is 24.7. The van der Waals surface area contributed by atoms with Crippen LogP contribution in [0.5, 0.6) is 0 Å². The number of furan rings is 1. The molecule has 180 valence electrons. The van der Waals surface area contributed by atoms with Gasteiger partial charge in [0.05, 0.1) is 12.8 Å². The van der Waals surface area contributed by atoms with E-state index in [1.165, 1.54) is 0 Å². The van der Waals surface area contributed by atoms with E-state index < -0.39 is 0 Å². The second-order valence-corrected chi connectivity index (χ2v) is 10.0. The van der Waals surface area contributed by atoms with Crippen molar-refractivity contribution in [1.82, 2.24) is 25.5 Å². The fourth-order valence-electron chi connectivity index (χ4n) is 3.94. The highest BCUT2D eigenvalue weighted by Gasteiger charge is 2.32. The number of aromatic nitrogens is 2. The summed E-state index contributed by atoms with van der Waals surface area (Å²) in [6, 6.07) is 3.64. The molecule has 1 fully saturated rings. The summed E-state index contributed by atoms with van der Waals surface area (Å²) in [5.41, 5.74) is 0.169. The van der Waals surface area contributed by atoms with Gasteiger partial charge in [0.15, 0.2) is 0 Å². The number of amides is 2. The largest absolute Gasteiger partial charge is 0.467 e. The van der Waals surface area contributed by atoms with Crippen molar-refractivity contribution in [3.05, 3.63) is 41.7 Å². The Balaban J connectivity index is 1.92. The van der Waals surface area contributed by atoms with Crippen LogP contribution < -0.4 is 16.0 Å². The second kappa shape index (κ2) is 10.8. The minimum Gasteiger partial charge on any atom is -0.467 e. The third-order valence-corrected chi connectivity index (χ3v) is 5.59. The van der Waals surface area contributed by atoms with Gasteiger partial charge >= 0.3 is 0 Å². The van der Waals surface area contributed by atoms with Crippen molar-refractivity contribution >= 4 is 18.1 Å². The van der Waals surface area contributed by atoms with E-state index in [2.05, 4.69) is 34.8 Å². The molecule has 1 aliphatic heterocycles. The number of piperidine rings is 1. The molecule has 2 aromatic heterocycles. The molecule has 1 saturated heterocycles. The van der Waals surface area contributed by atoms with Crippen molar-refractivity contribution in [3.8, 4) is 0 Å². The van der Waals surface area contributed by atoms with Crippen molar-refractivity contribution in [2.75, 3.05) is 25.0 Å². The highest BCUT2D eigenvalue weighted by Crippen LogP contribution is 2.25. The Labute approximate surface area is 195 Å². The molecular formula is C24H36N6O3. The maximum atomic E-state index is 13.9. The third-order valence-electron chi connectivity index (χ3n) is 5.59. The van der Waals surface area contributed by atoms with Crippen molar-refractivity contribution < 1.29 is 14.0 Å². The van der Waals surface area contributed by atoms with Gasteiger partial charge in [0.2, 0.25) is 6.41 Å². The number of nitrogens with one attached hydrogen (secondary N) is 3. The summed E-state index contributed by atoms with van der Waals surface area (Å²) in [4.78, 5) is 36.0. The molecular weight excluding hydrogens is 420 g/mol. The fraction of sp³-hybridized carbons (Fsp3) is 0.583. The molecule has 0 spiro atoms. The van der Waals surface area contributed by atoms with Gasteiger partial charge in [-0.05, 0) is 24.5 Å². The minimum absolute atomic E-state index is 0.0141. The second-order valence-electron chi connectivity index (χ2n) is 10.0. The van der Waals surface area contributed by atoms with E-state index in [1.807, 2.05) is 37.8 Å². The fourth-order valence-corrected chi connectivity index (χ4v) is 3.94. The van der Waals surface area contributed by atoms with Gasteiger partial charge in [0.25, 0.3) is 5.91 Å². The lowest BCUT2D eigenvalue weighted by atomic mass is 9.95. The summed E-state index contributed by atoms with van der Waals surface area (Å²) in [5.74, 6) is 2.07. The Morgan fingerprint density at radius 1 is 1.36 bits per heavy atom. The van der Waals surface area contributed by atoms with Crippen LogP contribution in [0.15, 0.2) is 29.0 Å². The van der Waals surface area contributed by atoms with Crippen LogP contribution in [0, 0.1) is 5.92 Å². The average molecular weight is 457 g/mol. The maximum absolute atomic E-state index is 13.9. The van der Waals surface area contributed by atoms with E-state index in [0.29, 0.717) is 49.8 Å². The number of anilines is 1. The zero-order valence-corrected chi connectivity index (χ0v) is 20.2. The van der Waals surface area contributed by atoms with Gasteiger partial charge in [0.1, 0.15) is 23.0 Å². The van der Waals surface area contributed by atoms with Gasteiger partial charge in [-0.3, -0.25) is 9.59 Å². The number of rotatable bonds is 9. The average Bonchev–Trinajstić information content (AvgIpc) is 3.29. The van der Waals surface area contributed by atoms with Crippen molar-refractivity contribution in [2.24, 2.45) is 5.92 Å². The van der Waals surface area contributed by atoms with E-state index in [9.17, 15) is 9.59 Å². The monoisotopic (exact) mass is 456 g/mol. The Morgan fingerprint density at radius 3 is 2.79 bits per heavy atom. The van der Waals surface area contributed by atoms with Crippen LogP contribution >= 0.6 is 0 Å². The first-order valence-corrected chi connectivity index (χ1v) is 11.5. The molecule has 0 aliphatic carbocycles. The van der Waals surface area contributed by atoms with Crippen LogP contribution in [0.2, 0.25) is 0 Å². The Hall–Kier alpha value is -2.94. The van der Waals surface area contributed by atoms with Crippen LogP contribution in [0.1, 0.15) is 63.0 Å². The van der Waals surface area contributed by atoms with Gasteiger partial charge < -0.3 is 25.3 Å². The smallest absolute Gasteiger partial charge is 0.259 e. The maximum Gasteiger partial charge on any atom is 0.259 e. The van der Waals surface area contributed by atoms with E-state index in [4.69, 9.17) is 9.40 Å². The summed E-state index contributed by atoms with van der Waals surface area (Å²) >= 11 is 0. The molecule has 33 heavy (non-hydrogen) atoms. The van der Waals surface area contributed by atoms with Gasteiger partial charge in [-0.25, -0.2) is 9.97 Å². The van der Waals surface area contributed by atoms with Crippen LogP contribution in [0.25, 0.3) is 0 Å². The SMILES string of the molecule is CC(C)CN(C(=O)c1cnc(C(C)(C)C)nc1NCc1ccco1)[C@@H]1CNC[C@H](NC=O)C1. The van der Waals surface area contributed by atoms with E-state index in [-0.39, 0.29) is 29.3 Å². The van der Waals surface area contributed by atoms with E-state index >= 15 is 0 Å². The van der Waals surface area contributed by atoms with Crippen molar-refractivity contribution in [2.45, 2.75) is 65.1 Å². The van der Waals surface area contributed by atoms with E-state index in [0.717, 1.165) is 12.2 Å². The molecule has 3 heterocycles. The summed E-state index contributed by atoms with van der Waals surface area (Å²) in [6.07, 6.45) is 4.67. The lowest BCUT2D eigenvalue weighted by Crippen LogP contribution is -2.56. The van der Waals surface area contributed by atoms with Gasteiger partial charge in [-0.1, -0.05) is 34.6 Å². The zero-order chi connectivity index (χ0) is 24.0. The highest BCUT2D eigenvalue weighted by atomic mass is 16.3. The summed E-state index contributed by atoms with van der Waals surface area (Å²) in [5, 5.41) is 9.47. The molecule has 3 rings (SSSR count). The topological polar surface area (TPSA) is 112 Å². The molecule has 2 amide bonds. The van der Waals surface area contributed by atoms with Crippen LogP contribution in [-0.4, -0.2) is 58.9 Å². The number of nitrogens with zero attached hydrogens (tertiary/aromatic N) is 3. The summed E-state index contributed by atoms with van der Waals surface area (Å²) < 4.78 is 5.44. The Morgan fingerprint density at radius 2 is 2.15 bits per heavy atom. The lowest BCUT2D eigenvalue weighted by molar-refractivity contribution is -0.110. The normalized spacial score (nSPS) is 18.7. The number of hydrogen-bond acceptors (Lipinski definition) is 7. The summed E-state index contributed by atoms with van der Waals surface area (Å²) in [7, 11) is 0. The van der Waals surface area contributed by atoms with Gasteiger partial charge in [-0.15, -0.1) is 0 Å². The number of carbonyl (C=O) groups is 2. The van der Waals surface area contributed by atoms with Gasteiger partial charge in [-0.2, -0.15) is 0 Å². The molecule has 0 bridgehead atoms. The molecule has 0 radical (unpaired) electrons. The molecule has 1 aliphatic rings. The van der Waals surface area contributed by atoms with Crippen molar-refractivity contribution in [3.63, 3.8) is 0 Å². The summed E-state index contributed by atoms with van der Waals surface area (Å²) in [6.45, 7) is 12.7. The molecule has 9 heteroatoms. The molecule has 2 atom stereocenters. The van der Waals surface area contributed by atoms with Crippen LogP contribution in [0.3, 0.4) is 0 Å². The Kier molecular flexibility index (Phi) is 8.07. The van der Waals surface area contributed by atoms with Crippen LogP contribution in [-0.2, 0) is 16.8 Å². The quantitative estimate of drug-likeness (QED) is 0.497. The molecule has 0 aromatic carbocycles. The standard InChI is InChI=1S/C24H36N6O3/c1-16(2)14-30(18-9-17(28-15-31)10-25-11-18)22(32)20-13-27-23(24(3,4)5)29-21(20)26-12-19-7-6-8-33-19/h6-8,13,15-18,25H,9-12,14H2,1-5H3,(H,28,31)(H,26,27,29)/t17-,18+/m1/s1. The molecule has 0 unspecified atom stereocenters. The molecule has 2 aromatic rings. The molecule has 3 N–H and O–H groups in total. The zero-order valence-electron chi connectivity index (χ0n) is 20.2. The van der Waals surface area contributed by atoms with Gasteiger partial charge in [0, 0.05) is 43.3 Å². The Bertz CT molecular complexity index is 923. The van der Waals surface area contributed by atoms with Crippen LogP contribution in [0.4, 0.5) is 5.82 Å². The number of hydrogen-bond donors (Lipinski definition) is 3. The predicted octanol–water partition coefficient (Wildman–Crippen LogP) is 2.55. The molecule has 9 nitrogen and oxygen atoms in total. The first-order valence-electron chi connectivity index (χ1n) is 11.5.